The predicted octanol–water partition coefficient (Wildman–Crippen LogP) is 3.14. The molecule has 0 aromatic carbocycles. The minimum absolute atomic E-state index is 0.288. The number of carboxylic acid groups (broad SMARTS) is 1. The third-order valence-electron chi connectivity index (χ3n) is 3.00. The molecule has 0 bridgehead atoms. The quantitative estimate of drug-likeness (QED) is 0.625. The van der Waals surface area contributed by atoms with Crippen LogP contribution in [0.3, 0.4) is 0 Å². The lowest BCUT2D eigenvalue weighted by Gasteiger charge is -2.28. The van der Waals surface area contributed by atoms with Crippen LogP contribution in [0.2, 0.25) is 0 Å². The van der Waals surface area contributed by atoms with Crippen LogP contribution in [0.5, 0.6) is 0 Å². The third kappa shape index (κ3) is 7.69. The first-order valence-corrected chi connectivity index (χ1v) is 6.57. The molecule has 0 aliphatic carbocycles. The van der Waals surface area contributed by atoms with Gasteiger partial charge in [-0.05, 0) is 39.3 Å². The van der Waals surface area contributed by atoms with Crippen molar-refractivity contribution in [2.45, 2.75) is 65.3 Å². The maximum atomic E-state index is 10.5. The first-order valence-electron chi connectivity index (χ1n) is 6.57. The fourth-order valence-corrected chi connectivity index (χ4v) is 1.79. The standard InChI is InChI=1S/C13H27NO2/c1-4-6-10-14(11-7-5-2)12(3)8-9-13(15)16/h12H,4-11H2,1-3H3,(H,15,16). The van der Waals surface area contributed by atoms with Crippen molar-refractivity contribution in [2.75, 3.05) is 13.1 Å². The molecule has 0 amide bonds. The number of nitrogens with zero attached hydrogens (tertiary/aromatic N) is 1. The maximum absolute atomic E-state index is 10.5. The molecule has 0 aromatic heterocycles. The second-order valence-electron chi connectivity index (χ2n) is 4.52. The summed E-state index contributed by atoms with van der Waals surface area (Å²) < 4.78 is 0. The van der Waals surface area contributed by atoms with Crippen LogP contribution in [0.25, 0.3) is 0 Å². The molecule has 3 nitrogen and oxygen atoms in total. The first kappa shape index (κ1) is 15.4. The van der Waals surface area contributed by atoms with Gasteiger partial charge in [0.05, 0.1) is 0 Å². The molecule has 0 aliphatic rings. The summed E-state index contributed by atoms with van der Waals surface area (Å²) in [4.78, 5) is 13.0. The normalized spacial score (nSPS) is 13.0. The Morgan fingerprint density at radius 3 is 2.06 bits per heavy atom. The molecule has 0 radical (unpaired) electrons. The number of hydrogen-bond acceptors (Lipinski definition) is 2. The minimum atomic E-state index is -0.683. The van der Waals surface area contributed by atoms with Gasteiger partial charge in [0.25, 0.3) is 0 Å². The van der Waals surface area contributed by atoms with Crippen molar-refractivity contribution < 1.29 is 9.90 Å². The summed E-state index contributed by atoms with van der Waals surface area (Å²) in [5, 5.41) is 8.68. The molecule has 1 atom stereocenters. The summed E-state index contributed by atoms with van der Waals surface area (Å²) in [5.74, 6) is -0.683. The van der Waals surface area contributed by atoms with Crippen LogP contribution in [0.4, 0.5) is 0 Å². The van der Waals surface area contributed by atoms with E-state index in [-0.39, 0.29) is 6.42 Å². The Morgan fingerprint density at radius 2 is 1.69 bits per heavy atom. The van der Waals surface area contributed by atoms with Gasteiger partial charge in [-0.2, -0.15) is 0 Å². The number of hydrogen-bond donors (Lipinski definition) is 1. The van der Waals surface area contributed by atoms with E-state index in [2.05, 4.69) is 25.7 Å². The van der Waals surface area contributed by atoms with E-state index in [1.807, 2.05) is 0 Å². The Bertz CT molecular complexity index is 175. The Morgan fingerprint density at radius 1 is 1.19 bits per heavy atom. The van der Waals surface area contributed by atoms with E-state index in [1.54, 1.807) is 0 Å². The van der Waals surface area contributed by atoms with Gasteiger partial charge in [-0.1, -0.05) is 26.7 Å². The van der Waals surface area contributed by atoms with Crippen LogP contribution in [0, 0.1) is 0 Å². The topological polar surface area (TPSA) is 40.5 Å². The van der Waals surface area contributed by atoms with Gasteiger partial charge in [-0.3, -0.25) is 4.79 Å². The molecule has 0 saturated carbocycles. The fourth-order valence-electron chi connectivity index (χ4n) is 1.79. The van der Waals surface area contributed by atoms with Crippen LogP contribution >= 0.6 is 0 Å². The summed E-state index contributed by atoms with van der Waals surface area (Å²) in [6, 6.07) is 0.397. The lowest BCUT2D eigenvalue weighted by molar-refractivity contribution is -0.137. The van der Waals surface area contributed by atoms with E-state index in [9.17, 15) is 4.79 Å². The van der Waals surface area contributed by atoms with Crippen LogP contribution < -0.4 is 0 Å². The Labute approximate surface area is 99.8 Å². The van der Waals surface area contributed by atoms with E-state index in [1.165, 1.54) is 25.7 Å². The zero-order valence-corrected chi connectivity index (χ0v) is 11.0. The molecule has 0 spiro atoms. The molecule has 16 heavy (non-hydrogen) atoms. The molecule has 0 aromatic rings. The number of unbranched alkanes of at least 4 members (excludes halogenated alkanes) is 2. The molecule has 1 unspecified atom stereocenters. The van der Waals surface area contributed by atoms with Crippen LogP contribution in [0.1, 0.15) is 59.3 Å². The molecular weight excluding hydrogens is 202 g/mol. The smallest absolute Gasteiger partial charge is 0.303 e. The molecule has 0 heterocycles. The van der Waals surface area contributed by atoms with E-state index in [0.717, 1.165) is 19.5 Å². The largest absolute Gasteiger partial charge is 0.481 e. The van der Waals surface area contributed by atoms with Gasteiger partial charge in [0.15, 0.2) is 0 Å². The van der Waals surface area contributed by atoms with Gasteiger partial charge in [-0.15, -0.1) is 0 Å². The molecule has 0 saturated heterocycles. The van der Waals surface area contributed by atoms with Gasteiger partial charge >= 0.3 is 5.97 Å². The Hall–Kier alpha value is -0.570. The van der Waals surface area contributed by atoms with Crippen LogP contribution in [-0.4, -0.2) is 35.1 Å². The van der Waals surface area contributed by atoms with Gasteiger partial charge in [0, 0.05) is 12.5 Å². The average Bonchev–Trinajstić information content (AvgIpc) is 2.26. The molecule has 0 rings (SSSR count). The van der Waals surface area contributed by atoms with Crippen molar-refractivity contribution in [3.8, 4) is 0 Å². The van der Waals surface area contributed by atoms with Crippen molar-refractivity contribution >= 4 is 5.97 Å². The zero-order valence-electron chi connectivity index (χ0n) is 11.0. The first-order chi connectivity index (χ1) is 7.61. The highest BCUT2D eigenvalue weighted by Gasteiger charge is 2.13. The van der Waals surface area contributed by atoms with Crippen molar-refractivity contribution in [3.63, 3.8) is 0 Å². The van der Waals surface area contributed by atoms with Gasteiger partial charge in [0.2, 0.25) is 0 Å². The van der Waals surface area contributed by atoms with Crippen molar-refractivity contribution in [2.24, 2.45) is 0 Å². The van der Waals surface area contributed by atoms with Gasteiger partial charge in [-0.25, -0.2) is 0 Å². The molecular formula is C13H27NO2. The van der Waals surface area contributed by atoms with Crippen molar-refractivity contribution in [1.29, 1.82) is 0 Å². The maximum Gasteiger partial charge on any atom is 0.303 e. The van der Waals surface area contributed by atoms with Gasteiger partial charge < -0.3 is 10.0 Å². The molecule has 0 aliphatic heterocycles. The summed E-state index contributed by atoms with van der Waals surface area (Å²) in [6.07, 6.45) is 5.88. The number of carbonyl (C=O) groups is 1. The summed E-state index contributed by atoms with van der Waals surface area (Å²) in [7, 11) is 0. The molecule has 1 N–H and O–H groups in total. The Kier molecular flexibility index (Phi) is 9.30. The van der Waals surface area contributed by atoms with Crippen molar-refractivity contribution in [1.82, 2.24) is 4.90 Å². The molecule has 3 heteroatoms. The fraction of sp³-hybridized carbons (Fsp3) is 0.923. The average molecular weight is 229 g/mol. The minimum Gasteiger partial charge on any atom is -0.481 e. The highest BCUT2D eigenvalue weighted by molar-refractivity contribution is 5.66. The highest BCUT2D eigenvalue weighted by Crippen LogP contribution is 2.10. The summed E-state index contributed by atoms with van der Waals surface area (Å²) in [5.41, 5.74) is 0. The van der Waals surface area contributed by atoms with Crippen molar-refractivity contribution in [3.05, 3.63) is 0 Å². The van der Waals surface area contributed by atoms with Crippen LogP contribution in [0.15, 0.2) is 0 Å². The predicted molar refractivity (Wildman–Crippen MR) is 67.7 cm³/mol. The SMILES string of the molecule is CCCCN(CCCC)C(C)CCC(=O)O. The van der Waals surface area contributed by atoms with E-state index >= 15 is 0 Å². The number of rotatable bonds is 10. The summed E-state index contributed by atoms with van der Waals surface area (Å²) in [6.45, 7) is 8.75. The zero-order chi connectivity index (χ0) is 12.4. The second-order valence-corrected chi connectivity index (χ2v) is 4.52. The van der Waals surface area contributed by atoms with E-state index < -0.39 is 5.97 Å². The van der Waals surface area contributed by atoms with E-state index in [4.69, 9.17) is 5.11 Å². The van der Waals surface area contributed by atoms with Crippen LogP contribution in [-0.2, 0) is 4.79 Å². The highest BCUT2D eigenvalue weighted by atomic mass is 16.4. The lowest BCUT2D eigenvalue weighted by Crippen LogP contribution is -2.35. The third-order valence-corrected chi connectivity index (χ3v) is 3.00. The lowest BCUT2D eigenvalue weighted by atomic mass is 10.1. The Balaban J connectivity index is 3.97. The number of carboxylic acids is 1. The van der Waals surface area contributed by atoms with E-state index in [0.29, 0.717) is 6.04 Å². The number of aliphatic carboxylic acids is 1. The second kappa shape index (κ2) is 9.64. The summed E-state index contributed by atoms with van der Waals surface area (Å²) >= 11 is 0. The molecule has 96 valence electrons. The molecule has 0 fully saturated rings. The monoisotopic (exact) mass is 229 g/mol. The van der Waals surface area contributed by atoms with Gasteiger partial charge in [0.1, 0.15) is 0 Å².